The smallest absolute Gasteiger partial charge is 0.338 e. The maximum atomic E-state index is 13.1. The lowest BCUT2D eigenvalue weighted by Crippen LogP contribution is -2.41. The molecule has 0 saturated carbocycles. The summed E-state index contributed by atoms with van der Waals surface area (Å²) in [6, 6.07) is 9.22. The number of nitrogens with one attached hydrogen (secondary N) is 1. The van der Waals surface area contributed by atoms with Crippen LogP contribution in [0.25, 0.3) is 0 Å². The van der Waals surface area contributed by atoms with E-state index in [0.717, 1.165) is 5.56 Å². The molecule has 156 valence electrons. The van der Waals surface area contributed by atoms with Gasteiger partial charge in [0.25, 0.3) is 0 Å². The molecule has 3 rings (SSSR count). The number of rotatable bonds is 5. The molecule has 2 aromatic rings. The van der Waals surface area contributed by atoms with E-state index in [2.05, 4.69) is 4.72 Å². The highest BCUT2D eigenvalue weighted by Gasteiger charge is 2.36. The van der Waals surface area contributed by atoms with Gasteiger partial charge in [-0.1, -0.05) is 12.1 Å². The molecule has 1 N–H and O–H groups in total. The van der Waals surface area contributed by atoms with E-state index in [1.165, 1.54) is 19.2 Å². The predicted molar refractivity (Wildman–Crippen MR) is 108 cm³/mol. The second-order valence-electron chi connectivity index (χ2n) is 7.61. The number of methoxy groups -OCH3 is 2. The molecular weight excluding hydrogens is 394 g/mol. The van der Waals surface area contributed by atoms with Gasteiger partial charge in [-0.15, -0.1) is 0 Å². The van der Waals surface area contributed by atoms with E-state index in [1.54, 1.807) is 38.3 Å². The first-order valence-electron chi connectivity index (χ1n) is 9.14. The van der Waals surface area contributed by atoms with Gasteiger partial charge in [0, 0.05) is 18.1 Å². The topological polar surface area (TPSA) is 90.9 Å². The van der Waals surface area contributed by atoms with Crippen molar-refractivity contribution in [3.8, 4) is 11.5 Å². The molecule has 0 fully saturated rings. The average molecular weight is 419 g/mol. The number of sulfonamides is 1. The van der Waals surface area contributed by atoms with Gasteiger partial charge in [-0.3, -0.25) is 0 Å². The van der Waals surface area contributed by atoms with Crippen molar-refractivity contribution in [1.82, 2.24) is 4.72 Å². The maximum absolute atomic E-state index is 13.1. The van der Waals surface area contributed by atoms with Gasteiger partial charge in [0.15, 0.2) is 0 Å². The number of hydrogen-bond donors (Lipinski definition) is 1. The molecule has 1 heterocycles. The average Bonchev–Trinajstić information content (AvgIpc) is 2.65. The summed E-state index contributed by atoms with van der Waals surface area (Å²) in [4.78, 5) is 11.9. The summed E-state index contributed by atoms with van der Waals surface area (Å²) in [7, 11) is -1.07. The monoisotopic (exact) mass is 419 g/mol. The summed E-state index contributed by atoms with van der Waals surface area (Å²) in [5.41, 5.74) is 1.01. The van der Waals surface area contributed by atoms with Crippen LogP contribution in [0, 0.1) is 6.92 Å². The van der Waals surface area contributed by atoms with Gasteiger partial charge in [-0.25, -0.2) is 17.9 Å². The zero-order chi connectivity index (χ0) is 21.4. The second-order valence-corrected chi connectivity index (χ2v) is 9.33. The Kier molecular flexibility index (Phi) is 5.60. The van der Waals surface area contributed by atoms with Crippen LogP contribution in [-0.2, 0) is 14.8 Å². The fraction of sp³-hybridized carbons (Fsp3) is 0.381. The summed E-state index contributed by atoms with van der Waals surface area (Å²) in [6.07, 6.45) is 0.446. The molecule has 0 aromatic heterocycles. The first kappa shape index (κ1) is 21.1. The normalized spacial score (nSPS) is 17.8. The summed E-state index contributed by atoms with van der Waals surface area (Å²) in [5.74, 6) is 0.626. The zero-order valence-electron chi connectivity index (χ0n) is 17.1. The molecule has 29 heavy (non-hydrogen) atoms. The van der Waals surface area contributed by atoms with E-state index >= 15 is 0 Å². The zero-order valence-corrected chi connectivity index (χ0v) is 17.9. The Labute approximate surface area is 171 Å². The Morgan fingerprint density at radius 3 is 2.55 bits per heavy atom. The van der Waals surface area contributed by atoms with E-state index in [4.69, 9.17) is 14.2 Å². The summed E-state index contributed by atoms with van der Waals surface area (Å²) >= 11 is 0. The van der Waals surface area contributed by atoms with Crippen LogP contribution in [0.2, 0.25) is 0 Å². The van der Waals surface area contributed by atoms with E-state index < -0.39 is 27.6 Å². The van der Waals surface area contributed by atoms with E-state index in [0.29, 0.717) is 23.5 Å². The lowest BCUT2D eigenvalue weighted by atomic mass is 9.90. The van der Waals surface area contributed by atoms with Crippen LogP contribution >= 0.6 is 0 Å². The number of carbonyl (C=O) groups excluding carboxylic acids is 1. The predicted octanol–water partition coefficient (Wildman–Crippen LogP) is 3.37. The van der Waals surface area contributed by atoms with Crippen LogP contribution in [0.4, 0.5) is 0 Å². The molecule has 0 radical (unpaired) electrons. The molecular formula is C21H25NO6S. The molecule has 0 amide bonds. The number of aryl methyl sites for hydroxylation is 1. The van der Waals surface area contributed by atoms with Gasteiger partial charge < -0.3 is 14.2 Å². The van der Waals surface area contributed by atoms with Gasteiger partial charge in [0.1, 0.15) is 17.1 Å². The van der Waals surface area contributed by atoms with E-state index in [1.807, 2.05) is 13.8 Å². The molecule has 0 bridgehead atoms. The Bertz CT molecular complexity index is 1050. The maximum Gasteiger partial charge on any atom is 0.338 e. The lowest BCUT2D eigenvalue weighted by molar-refractivity contribution is 0.0599. The van der Waals surface area contributed by atoms with Crippen LogP contribution in [0.15, 0.2) is 41.3 Å². The largest absolute Gasteiger partial charge is 0.497 e. The van der Waals surface area contributed by atoms with Crippen LogP contribution in [0.3, 0.4) is 0 Å². The van der Waals surface area contributed by atoms with E-state index in [-0.39, 0.29) is 10.5 Å². The molecule has 0 saturated heterocycles. The first-order valence-corrected chi connectivity index (χ1v) is 10.6. The first-order chi connectivity index (χ1) is 13.6. The van der Waals surface area contributed by atoms with Crippen molar-refractivity contribution < 1.29 is 27.4 Å². The van der Waals surface area contributed by atoms with Crippen molar-refractivity contribution >= 4 is 16.0 Å². The number of esters is 1. The lowest BCUT2D eigenvalue weighted by Gasteiger charge is -2.37. The number of benzene rings is 2. The van der Waals surface area contributed by atoms with E-state index in [9.17, 15) is 13.2 Å². The number of carbonyl (C=O) groups is 1. The molecule has 8 heteroatoms. The van der Waals surface area contributed by atoms with Gasteiger partial charge in [0.05, 0.1) is 30.7 Å². The van der Waals surface area contributed by atoms with Crippen molar-refractivity contribution in [3.63, 3.8) is 0 Å². The third kappa shape index (κ3) is 4.38. The van der Waals surface area contributed by atoms with Crippen LogP contribution in [0.1, 0.15) is 47.8 Å². The van der Waals surface area contributed by atoms with Crippen molar-refractivity contribution in [2.75, 3.05) is 14.2 Å². The minimum atomic E-state index is -3.89. The van der Waals surface area contributed by atoms with Gasteiger partial charge >= 0.3 is 5.97 Å². The van der Waals surface area contributed by atoms with Crippen LogP contribution in [0.5, 0.6) is 11.5 Å². The van der Waals surface area contributed by atoms with Crippen molar-refractivity contribution in [1.29, 1.82) is 0 Å². The van der Waals surface area contributed by atoms with Gasteiger partial charge in [0.2, 0.25) is 10.0 Å². The second kappa shape index (κ2) is 7.68. The quantitative estimate of drug-likeness (QED) is 0.747. The van der Waals surface area contributed by atoms with Crippen molar-refractivity contribution in [2.45, 2.75) is 43.7 Å². The summed E-state index contributed by atoms with van der Waals surface area (Å²) in [6.45, 7) is 5.52. The molecule has 1 unspecified atom stereocenters. The number of fused-ring (bicyclic) bond motifs is 1. The standard InChI is InChI=1S/C21H25NO6S/c1-13-6-8-15(11-17(13)20(23)27-5)29(24,25)22-18-12-21(2,3)28-19-10-14(26-4)7-9-16(18)19/h6-11,18,22H,12H2,1-5H3. The molecule has 1 aliphatic rings. The fourth-order valence-electron chi connectivity index (χ4n) is 3.42. The Morgan fingerprint density at radius 1 is 1.17 bits per heavy atom. The van der Waals surface area contributed by atoms with Crippen molar-refractivity contribution in [2.24, 2.45) is 0 Å². The van der Waals surface area contributed by atoms with Crippen LogP contribution in [-0.4, -0.2) is 34.2 Å². The third-order valence-electron chi connectivity index (χ3n) is 4.90. The third-order valence-corrected chi connectivity index (χ3v) is 6.37. The Hall–Kier alpha value is -2.58. The summed E-state index contributed by atoms with van der Waals surface area (Å²) in [5, 5.41) is 0. The fourth-order valence-corrected chi connectivity index (χ4v) is 4.66. The SMILES string of the molecule is COC(=O)c1cc(S(=O)(=O)NC2CC(C)(C)Oc3cc(OC)ccc32)ccc1C. The van der Waals surface area contributed by atoms with Gasteiger partial charge in [-0.05, 0) is 44.5 Å². The molecule has 0 aliphatic carbocycles. The Balaban J connectivity index is 1.98. The van der Waals surface area contributed by atoms with Crippen LogP contribution < -0.4 is 14.2 Å². The Morgan fingerprint density at radius 2 is 1.90 bits per heavy atom. The molecule has 0 spiro atoms. The number of ether oxygens (including phenoxy) is 3. The minimum Gasteiger partial charge on any atom is -0.497 e. The number of hydrogen-bond acceptors (Lipinski definition) is 6. The summed E-state index contributed by atoms with van der Waals surface area (Å²) < 4.78 is 45.0. The molecule has 2 aromatic carbocycles. The highest BCUT2D eigenvalue weighted by atomic mass is 32.2. The highest BCUT2D eigenvalue weighted by molar-refractivity contribution is 7.89. The molecule has 1 aliphatic heterocycles. The van der Waals surface area contributed by atoms with Crippen molar-refractivity contribution in [3.05, 3.63) is 53.1 Å². The van der Waals surface area contributed by atoms with Gasteiger partial charge in [-0.2, -0.15) is 0 Å². The highest BCUT2D eigenvalue weighted by Crippen LogP contribution is 2.41. The minimum absolute atomic E-state index is 0.00265. The molecule has 1 atom stereocenters. The molecule has 7 nitrogen and oxygen atoms in total.